The first-order valence-corrected chi connectivity index (χ1v) is 10.5. The lowest BCUT2D eigenvalue weighted by Crippen LogP contribution is -2.43. The van der Waals surface area contributed by atoms with Crippen LogP contribution in [0.5, 0.6) is 0 Å². The van der Waals surface area contributed by atoms with Gasteiger partial charge in [0.25, 0.3) is 0 Å². The van der Waals surface area contributed by atoms with Crippen LogP contribution in [0.1, 0.15) is 46.0 Å². The van der Waals surface area contributed by atoms with Crippen LogP contribution in [0.2, 0.25) is 0 Å². The topological polar surface area (TPSA) is 12.0 Å². The third-order valence-corrected chi connectivity index (χ3v) is 7.60. The molecule has 0 saturated carbocycles. The molecule has 1 aliphatic rings. The van der Waals surface area contributed by atoms with Crippen molar-refractivity contribution in [3.63, 3.8) is 0 Å². The molecule has 1 unspecified atom stereocenters. The van der Waals surface area contributed by atoms with Gasteiger partial charge in [0.15, 0.2) is 0 Å². The number of nitrogens with one attached hydrogen (secondary N) is 1. The number of benzene rings is 1. The fraction of sp³-hybridized carbons (Fsp3) is 0.474. The van der Waals surface area contributed by atoms with Gasteiger partial charge in [0.05, 0.1) is 0 Å². The van der Waals surface area contributed by atoms with E-state index in [1.165, 1.54) is 38.3 Å². The molecule has 2 heteroatoms. The average Bonchev–Trinajstić information content (AvgIpc) is 2.97. The van der Waals surface area contributed by atoms with Crippen molar-refractivity contribution in [1.29, 1.82) is 0 Å². The van der Waals surface area contributed by atoms with Crippen molar-refractivity contribution in [2.24, 2.45) is 0 Å². The quantitative estimate of drug-likeness (QED) is 0.542. The molecule has 0 bridgehead atoms. The van der Waals surface area contributed by atoms with Crippen LogP contribution < -0.4 is 10.5 Å². The standard InChI is InChI=1S/C19H29NSi/c1-3-5-15-20-16-21(18-12-7-6-8-13-18)19-14-9-11-17(19)10-4-2/h6-9,11-13,20-21H,3-5,10,14-16H2,1-2H3. The summed E-state index contributed by atoms with van der Waals surface area (Å²) in [7, 11) is -1.07. The van der Waals surface area contributed by atoms with Crippen LogP contribution in [0.4, 0.5) is 0 Å². The highest BCUT2D eigenvalue weighted by atomic mass is 28.3. The van der Waals surface area contributed by atoms with E-state index in [0.29, 0.717) is 0 Å². The van der Waals surface area contributed by atoms with Crippen molar-refractivity contribution in [2.75, 3.05) is 12.7 Å². The molecule has 0 amide bonds. The van der Waals surface area contributed by atoms with E-state index in [-0.39, 0.29) is 0 Å². The minimum absolute atomic E-state index is 1.07. The van der Waals surface area contributed by atoms with Crippen LogP contribution >= 0.6 is 0 Å². The molecule has 21 heavy (non-hydrogen) atoms. The smallest absolute Gasteiger partial charge is 0.112 e. The molecule has 0 radical (unpaired) electrons. The lowest BCUT2D eigenvalue weighted by atomic mass is 10.2. The highest BCUT2D eigenvalue weighted by Gasteiger charge is 2.22. The van der Waals surface area contributed by atoms with Gasteiger partial charge >= 0.3 is 0 Å². The monoisotopic (exact) mass is 299 g/mol. The zero-order valence-corrected chi connectivity index (χ0v) is 14.7. The fourth-order valence-electron chi connectivity index (χ4n) is 3.12. The Morgan fingerprint density at radius 2 is 1.90 bits per heavy atom. The van der Waals surface area contributed by atoms with Crippen molar-refractivity contribution in [3.05, 3.63) is 53.3 Å². The van der Waals surface area contributed by atoms with Crippen molar-refractivity contribution in [3.8, 4) is 0 Å². The molecule has 1 N–H and O–H groups in total. The lowest BCUT2D eigenvalue weighted by Gasteiger charge is -2.20. The predicted molar refractivity (Wildman–Crippen MR) is 96.7 cm³/mol. The maximum atomic E-state index is 3.72. The summed E-state index contributed by atoms with van der Waals surface area (Å²) < 4.78 is 0. The maximum absolute atomic E-state index is 3.72. The second kappa shape index (κ2) is 9.01. The van der Waals surface area contributed by atoms with E-state index in [4.69, 9.17) is 0 Å². The number of rotatable bonds is 9. The van der Waals surface area contributed by atoms with Crippen molar-refractivity contribution >= 4 is 14.0 Å². The Labute approximate surface area is 131 Å². The van der Waals surface area contributed by atoms with Gasteiger partial charge in [0.2, 0.25) is 0 Å². The normalized spacial score (nSPS) is 15.7. The van der Waals surface area contributed by atoms with Crippen molar-refractivity contribution in [2.45, 2.75) is 46.0 Å². The third kappa shape index (κ3) is 4.68. The zero-order valence-electron chi connectivity index (χ0n) is 13.6. The molecule has 1 atom stereocenters. The highest BCUT2D eigenvalue weighted by molar-refractivity contribution is 6.80. The van der Waals surface area contributed by atoms with Crippen LogP contribution in [0, 0.1) is 0 Å². The molecule has 114 valence electrons. The van der Waals surface area contributed by atoms with E-state index in [0.717, 1.165) is 6.54 Å². The fourth-order valence-corrected chi connectivity index (χ4v) is 6.29. The van der Waals surface area contributed by atoms with E-state index in [1.807, 2.05) is 0 Å². The summed E-state index contributed by atoms with van der Waals surface area (Å²) in [6.07, 6.45) is 12.2. The molecule has 1 aromatic rings. The second-order valence-electron chi connectivity index (χ2n) is 5.93. The van der Waals surface area contributed by atoms with Gasteiger partial charge in [-0.3, -0.25) is 0 Å². The van der Waals surface area contributed by atoms with E-state index in [2.05, 4.69) is 61.6 Å². The first-order chi connectivity index (χ1) is 10.4. The zero-order chi connectivity index (χ0) is 14.9. The molecule has 0 heterocycles. The van der Waals surface area contributed by atoms with Gasteiger partial charge in [0.1, 0.15) is 8.80 Å². The Bertz CT molecular complexity index is 476. The molecule has 1 aliphatic carbocycles. The van der Waals surface area contributed by atoms with Gasteiger partial charge in [-0.15, -0.1) is 0 Å². The molecule has 1 nitrogen and oxygen atoms in total. The van der Waals surface area contributed by atoms with E-state index in [1.54, 1.807) is 16.0 Å². The summed E-state index contributed by atoms with van der Waals surface area (Å²) in [5.41, 5.74) is 1.63. The van der Waals surface area contributed by atoms with Gasteiger partial charge in [-0.2, -0.15) is 0 Å². The molecular weight excluding hydrogens is 270 g/mol. The third-order valence-electron chi connectivity index (χ3n) is 4.27. The Kier molecular flexibility index (Phi) is 6.97. The minimum Gasteiger partial charge on any atom is -0.319 e. The van der Waals surface area contributed by atoms with Crippen LogP contribution in [-0.4, -0.2) is 21.5 Å². The van der Waals surface area contributed by atoms with Crippen molar-refractivity contribution < 1.29 is 0 Å². The summed E-state index contributed by atoms with van der Waals surface area (Å²) in [6.45, 7) is 5.71. The second-order valence-corrected chi connectivity index (χ2v) is 8.80. The summed E-state index contributed by atoms with van der Waals surface area (Å²) >= 11 is 0. The van der Waals surface area contributed by atoms with Crippen LogP contribution in [0.15, 0.2) is 53.3 Å². The molecule has 0 aliphatic heterocycles. The largest absolute Gasteiger partial charge is 0.319 e. The summed E-state index contributed by atoms with van der Waals surface area (Å²) in [5, 5.41) is 7.09. The Morgan fingerprint density at radius 3 is 2.62 bits per heavy atom. The molecule has 1 aromatic carbocycles. The molecule has 0 aromatic heterocycles. The Hall–Kier alpha value is -1.12. The van der Waals surface area contributed by atoms with Crippen molar-refractivity contribution in [1.82, 2.24) is 5.32 Å². The Morgan fingerprint density at radius 1 is 1.10 bits per heavy atom. The SMILES string of the molecule is CCCCNC[SiH](C1=C(CCC)C=CC1)c1ccccc1. The molecule has 0 spiro atoms. The number of hydrogen-bond acceptors (Lipinski definition) is 1. The highest BCUT2D eigenvalue weighted by Crippen LogP contribution is 2.25. The van der Waals surface area contributed by atoms with Crippen LogP contribution in [0.25, 0.3) is 0 Å². The first-order valence-electron chi connectivity index (χ1n) is 8.50. The maximum Gasteiger partial charge on any atom is 0.112 e. The van der Waals surface area contributed by atoms with Gasteiger partial charge < -0.3 is 5.32 Å². The number of hydrogen-bond donors (Lipinski definition) is 1. The molecule has 2 rings (SSSR count). The van der Waals surface area contributed by atoms with Crippen LogP contribution in [-0.2, 0) is 0 Å². The first kappa shape index (κ1) is 16.3. The Balaban J connectivity index is 2.14. The average molecular weight is 300 g/mol. The van der Waals surface area contributed by atoms with E-state index in [9.17, 15) is 0 Å². The van der Waals surface area contributed by atoms with Crippen LogP contribution in [0.3, 0.4) is 0 Å². The lowest BCUT2D eigenvalue weighted by molar-refractivity contribution is 0.694. The summed E-state index contributed by atoms with van der Waals surface area (Å²) in [6, 6.07) is 11.2. The molecule has 0 fully saturated rings. The van der Waals surface area contributed by atoms with Gasteiger partial charge in [0, 0.05) is 0 Å². The van der Waals surface area contributed by atoms with Gasteiger partial charge in [-0.25, -0.2) is 0 Å². The minimum atomic E-state index is -1.07. The predicted octanol–water partition coefficient (Wildman–Crippen LogP) is 3.65. The van der Waals surface area contributed by atoms with Gasteiger partial charge in [-0.1, -0.05) is 85.1 Å². The summed E-state index contributed by atoms with van der Waals surface area (Å²) in [4.78, 5) is 0. The number of unbranched alkanes of at least 4 members (excludes halogenated alkanes) is 1. The number of allylic oxidation sites excluding steroid dienone is 4. The molecular formula is C19H29NSi. The van der Waals surface area contributed by atoms with E-state index < -0.39 is 8.80 Å². The van der Waals surface area contributed by atoms with E-state index >= 15 is 0 Å². The molecule has 0 saturated heterocycles. The van der Waals surface area contributed by atoms with Gasteiger partial charge in [-0.05, 0) is 32.0 Å². The summed E-state index contributed by atoms with van der Waals surface area (Å²) in [5.74, 6) is 0.